The first-order valence-electron chi connectivity index (χ1n) is 16.8. The molecule has 1 aliphatic heterocycles. The largest absolute Gasteiger partial charge is 0.496 e. The Morgan fingerprint density at radius 3 is 1.98 bits per heavy atom. The molecule has 0 spiro atoms. The Labute approximate surface area is 323 Å². The SMILES string of the molecule is CCC(=O)CCCCC[C@H](NC(=O)C1CN(C)CCO1)c1ncc(-c2cc(OC)c3ccccc3n2)[nH]1.O=C(O)C(F)(F)F.O=C(O)C(F)(F)F.O=C(O)C(F)(F)F. The van der Waals surface area contributed by atoms with E-state index in [0.29, 0.717) is 38.2 Å². The second kappa shape index (κ2) is 23.0. The number of methoxy groups -OCH3 is 1. The number of ketones is 1. The molecule has 0 radical (unpaired) electrons. The van der Waals surface area contributed by atoms with Crippen LogP contribution in [0.3, 0.4) is 0 Å². The van der Waals surface area contributed by atoms with Crippen LogP contribution in [-0.2, 0) is 28.7 Å². The molecule has 0 aliphatic carbocycles. The zero-order valence-electron chi connectivity index (χ0n) is 30.9. The van der Waals surface area contributed by atoms with Gasteiger partial charge in [0.15, 0.2) is 0 Å². The molecule has 24 heteroatoms. The molecule has 0 bridgehead atoms. The molecule has 2 atom stereocenters. The molecule has 5 N–H and O–H groups in total. The highest BCUT2D eigenvalue weighted by molar-refractivity contribution is 5.87. The number of carboxylic acids is 3. The minimum atomic E-state index is -5.08. The predicted molar refractivity (Wildman–Crippen MR) is 183 cm³/mol. The number of hydrogen-bond acceptors (Lipinski definition) is 10. The van der Waals surface area contributed by atoms with Gasteiger partial charge < -0.3 is 40.0 Å². The van der Waals surface area contributed by atoms with Crippen LogP contribution in [-0.4, -0.2) is 123 Å². The van der Waals surface area contributed by atoms with Gasteiger partial charge >= 0.3 is 36.4 Å². The van der Waals surface area contributed by atoms with Gasteiger partial charge in [-0.05, 0) is 32.0 Å². The lowest BCUT2D eigenvalue weighted by atomic mass is 10.0. The summed E-state index contributed by atoms with van der Waals surface area (Å²) in [5, 5.41) is 25.5. The fraction of sp³-hybridized carbons (Fsp3) is 0.500. The van der Waals surface area contributed by atoms with Gasteiger partial charge in [-0.15, -0.1) is 0 Å². The van der Waals surface area contributed by atoms with Crippen LogP contribution in [0, 0.1) is 0 Å². The summed E-state index contributed by atoms with van der Waals surface area (Å²) in [7, 11) is 3.63. The van der Waals surface area contributed by atoms with Crippen molar-refractivity contribution in [2.75, 3.05) is 33.9 Å². The van der Waals surface area contributed by atoms with E-state index in [1.807, 2.05) is 44.3 Å². The number of aromatic amines is 1. The van der Waals surface area contributed by atoms with Crippen molar-refractivity contribution in [3.63, 3.8) is 0 Å². The molecule has 0 saturated carbocycles. The van der Waals surface area contributed by atoms with E-state index in [1.54, 1.807) is 13.3 Å². The predicted octanol–water partition coefficient (Wildman–Crippen LogP) is 5.95. The van der Waals surface area contributed by atoms with Gasteiger partial charge in [-0.25, -0.2) is 24.4 Å². The molecule has 58 heavy (non-hydrogen) atoms. The van der Waals surface area contributed by atoms with Crippen LogP contribution < -0.4 is 10.1 Å². The number of benzene rings is 1. The highest BCUT2D eigenvalue weighted by Gasteiger charge is 2.39. The first-order chi connectivity index (χ1) is 26.8. The fourth-order valence-corrected chi connectivity index (χ4v) is 4.60. The minimum Gasteiger partial charge on any atom is -0.496 e. The van der Waals surface area contributed by atoms with Gasteiger partial charge in [-0.2, -0.15) is 39.5 Å². The van der Waals surface area contributed by atoms with Crippen LogP contribution in [0.5, 0.6) is 5.75 Å². The Kier molecular flexibility index (Phi) is 20.0. The summed E-state index contributed by atoms with van der Waals surface area (Å²) >= 11 is 0. The molecule has 3 aromatic rings. The van der Waals surface area contributed by atoms with E-state index in [9.17, 15) is 49.1 Å². The van der Waals surface area contributed by atoms with E-state index < -0.39 is 42.5 Å². The number of carbonyl (C=O) groups is 5. The number of aliphatic carboxylic acids is 3. The van der Waals surface area contributed by atoms with Gasteiger partial charge in [0, 0.05) is 37.4 Å². The molecular weight excluding hydrogens is 809 g/mol. The summed E-state index contributed by atoms with van der Waals surface area (Å²) in [6.07, 6.45) is -9.49. The van der Waals surface area contributed by atoms with Crippen LogP contribution in [0.2, 0.25) is 0 Å². The maximum atomic E-state index is 13.1. The van der Waals surface area contributed by atoms with E-state index in [-0.39, 0.29) is 17.7 Å². The molecule has 1 aliphatic rings. The van der Waals surface area contributed by atoms with Crippen molar-refractivity contribution in [1.82, 2.24) is 25.2 Å². The average molecular weight is 850 g/mol. The quantitative estimate of drug-likeness (QED) is 0.105. The van der Waals surface area contributed by atoms with Gasteiger partial charge in [-0.1, -0.05) is 31.9 Å². The van der Waals surface area contributed by atoms with E-state index in [2.05, 4.69) is 20.2 Å². The number of amides is 1. The molecule has 324 valence electrons. The van der Waals surface area contributed by atoms with Crippen molar-refractivity contribution in [2.24, 2.45) is 0 Å². The molecule has 4 rings (SSSR count). The average Bonchev–Trinajstić information content (AvgIpc) is 3.63. The zero-order valence-corrected chi connectivity index (χ0v) is 30.9. The number of halogens is 9. The van der Waals surface area contributed by atoms with Crippen LogP contribution in [0.15, 0.2) is 36.5 Å². The monoisotopic (exact) mass is 849 g/mol. The van der Waals surface area contributed by atoms with Crippen molar-refractivity contribution >= 4 is 40.5 Å². The van der Waals surface area contributed by atoms with Crippen LogP contribution in [0.25, 0.3) is 22.3 Å². The third-order valence-corrected chi connectivity index (χ3v) is 7.55. The number of imidazole rings is 1. The number of H-pyrrole nitrogens is 1. The van der Waals surface area contributed by atoms with Crippen molar-refractivity contribution in [1.29, 1.82) is 0 Å². The maximum Gasteiger partial charge on any atom is 0.490 e. The number of alkyl halides is 9. The summed E-state index contributed by atoms with van der Waals surface area (Å²) in [5.74, 6) is -6.71. The normalized spacial score (nSPS) is 14.9. The first-order valence-corrected chi connectivity index (χ1v) is 16.8. The Morgan fingerprint density at radius 2 is 1.48 bits per heavy atom. The molecule has 1 unspecified atom stereocenters. The molecular formula is C34H40F9N5O10. The Bertz CT molecular complexity index is 1760. The molecule has 15 nitrogen and oxygen atoms in total. The number of nitrogens with zero attached hydrogens (tertiary/aromatic N) is 3. The third-order valence-electron chi connectivity index (χ3n) is 7.55. The molecule has 1 amide bonds. The van der Waals surface area contributed by atoms with E-state index in [0.717, 1.165) is 53.8 Å². The molecule has 1 aromatic carbocycles. The molecule has 3 heterocycles. The number of unbranched alkanes of at least 4 members (excludes halogenated alkanes) is 2. The number of hydrogen-bond donors (Lipinski definition) is 5. The number of para-hydroxylation sites is 1. The summed E-state index contributed by atoms with van der Waals surface area (Å²) in [5.41, 5.74) is 2.30. The Hall–Kier alpha value is -5.52. The number of carboxylic acid groups (broad SMARTS) is 3. The Morgan fingerprint density at radius 1 is 0.931 bits per heavy atom. The summed E-state index contributed by atoms with van der Waals surface area (Å²) < 4.78 is 107. The lowest BCUT2D eigenvalue weighted by molar-refractivity contribution is -0.193. The number of carbonyl (C=O) groups excluding carboxylic acids is 2. The highest BCUT2D eigenvalue weighted by atomic mass is 19.4. The van der Waals surface area contributed by atoms with E-state index >= 15 is 0 Å². The minimum absolute atomic E-state index is 0.138. The number of nitrogens with one attached hydrogen (secondary N) is 2. The standard InChI is InChI=1S/C28H37N5O4.3C2HF3O2/c1-4-19(34)10-6-5-7-13-22(32-28(35)26-18-33(2)14-15-37-26)27-29-17-24(31-27)23-16-25(36-3)20-11-8-9-12-21(20)30-23;3*3-2(4,5)1(6)7/h8-9,11-12,16-17,22,26H,4-7,10,13-15,18H2,1-3H3,(H,29,31)(H,32,35);3*(H,6,7)/t22-,26?;;;/m0.../s1. The summed E-state index contributed by atoms with van der Waals surface area (Å²) in [4.78, 5) is 66.3. The van der Waals surface area contributed by atoms with Gasteiger partial charge in [0.2, 0.25) is 0 Å². The number of rotatable bonds is 12. The number of pyridine rings is 1. The number of Topliss-reactive ketones (excluding diaryl/α,β-unsaturated/α-hetero) is 1. The van der Waals surface area contributed by atoms with Crippen molar-refractivity contribution in [3.8, 4) is 17.1 Å². The van der Waals surface area contributed by atoms with Crippen molar-refractivity contribution in [2.45, 2.75) is 76.1 Å². The van der Waals surface area contributed by atoms with Crippen LogP contribution >= 0.6 is 0 Å². The van der Waals surface area contributed by atoms with E-state index in [4.69, 9.17) is 44.2 Å². The zero-order chi connectivity index (χ0) is 44.4. The van der Waals surface area contributed by atoms with Crippen LogP contribution in [0.4, 0.5) is 39.5 Å². The summed E-state index contributed by atoms with van der Waals surface area (Å²) in [6.45, 7) is 3.80. The number of likely N-dealkylation sites (N-methyl/N-ethyl adjacent to an activating group) is 1. The number of aromatic nitrogens is 3. The first kappa shape index (κ1) is 50.5. The highest BCUT2D eigenvalue weighted by Crippen LogP contribution is 2.30. The fourth-order valence-electron chi connectivity index (χ4n) is 4.60. The molecule has 2 aromatic heterocycles. The molecule has 1 fully saturated rings. The number of ether oxygens (including phenoxy) is 2. The van der Waals surface area contributed by atoms with Gasteiger partial charge in [0.25, 0.3) is 5.91 Å². The second-order valence-electron chi connectivity index (χ2n) is 12.0. The van der Waals surface area contributed by atoms with Gasteiger partial charge in [-0.3, -0.25) is 9.59 Å². The van der Waals surface area contributed by atoms with Gasteiger partial charge in [0.1, 0.15) is 23.5 Å². The number of morpholine rings is 1. The van der Waals surface area contributed by atoms with Crippen molar-refractivity contribution < 1.29 is 88.3 Å². The molecule has 1 saturated heterocycles. The Balaban J connectivity index is 0.000000655. The van der Waals surface area contributed by atoms with E-state index in [1.165, 1.54) is 0 Å². The maximum absolute atomic E-state index is 13.1. The van der Waals surface area contributed by atoms with Crippen LogP contribution in [0.1, 0.15) is 57.3 Å². The second-order valence-corrected chi connectivity index (χ2v) is 12.0. The topological polar surface area (TPSA) is 221 Å². The lowest BCUT2D eigenvalue weighted by Crippen LogP contribution is -2.49. The third kappa shape index (κ3) is 18.2. The summed E-state index contributed by atoms with van der Waals surface area (Å²) in [6, 6.07) is 9.42. The number of fused-ring (bicyclic) bond motifs is 1. The van der Waals surface area contributed by atoms with Crippen molar-refractivity contribution in [3.05, 3.63) is 42.4 Å². The lowest BCUT2D eigenvalue weighted by Gasteiger charge is -2.30. The smallest absolute Gasteiger partial charge is 0.490 e. The van der Waals surface area contributed by atoms with Gasteiger partial charge in [0.05, 0.1) is 42.9 Å².